The van der Waals surface area contributed by atoms with Gasteiger partial charge in [0, 0.05) is 17.7 Å². The first-order chi connectivity index (χ1) is 9.31. The highest BCUT2D eigenvalue weighted by Gasteiger charge is 2.24. The van der Waals surface area contributed by atoms with Crippen molar-refractivity contribution in [2.75, 3.05) is 13.2 Å². The van der Waals surface area contributed by atoms with Crippen molar-refractivity contribution in [1.82, 2.24) is 15.3 Å². The van der Waals surface area contributed by atoms with Crippen LogP contribution in [0.3, 0.4) is 0 Å². The quantitative estimate of drug-likeness (QED) is 0.418. The Morgan fingerprint density at radius 3 is 2.35 bits per heavy atom. The van der Waals surface area contributed by atoms with E-state index in [1.54, 1.807) is 6.92 Å². The van der Waals surface area contributed by atoms with Gasteiger partial charge in [0.25, 0.3) is 5.56 Å². The lowest BCUT2D eigenvalue weighted by atomic mass is 10.0. The summed E-state index contributed by atoms with van der Waals surface area (Å²) in [6.07, 6.45) is 0.155. The van der Waals surface area contributed by atoms with Crippen LogP contribution in [0.1, 0.15) is 24.6 Å². The number of amides is 1. The molecule has 8 heteroatoms. The van der Waals surface area contributed by atoms with Crippen LogP contribution in [-0.2, 0) is 11.2 Å². The molecule has 1 heterocycles. The van der Waals surface area contributed by atoms with Gasteiger partial charge in [0.2, 0.25) is 5.91 Å². The lowest BCUT2D eigenvalue weighted by Gasteiger charge is -2.26. The van der Waals surface area contributed by atoms with Crippen LogP contribution in [0.25, 0.3) is 0 Å². The monoisotopic (exact) mass is 285 g/mol. The molecule has 0 fully saturated rings. The van der Waals surface area contributed by atoms with Gasteiger partial charge < -0.3 is 20.5 Å². The summed E-state index contributed by atoms with van der Waals surface area (Å²) in [7, 11) is 0. The molecule has 0 radical (unpaired) electrons. The standard InChI is InChI=1S/C12H19N3O5/c1-7-8(10(19)14-11(20)13-7)3-4-9(18)15-12(2,5-16)6-17/h16-17H,3-6H2,1-2H3,(H,15,18)(H2,13,14,19,20). The molecule has 20 heavy (non-hydrogen) atoms. The number of hydrogen-bond donors (Lipinski definition) is 5. The highest BCUT2D eigenvalue weighted by molar-refractivity contribution is 5.77. The van der Waals surface area contributed by atoms with E-state index in [1.807, 2.05) is 0 Å². The second-order valence-corrected chi connectivity index (χ2v) is 4.94. The van der Waals surface area contributed by atoms with Gasteiger partial charge in [-0.1, -0.05) is 0 Å². The number of aliphatic hydroxyl groups excluding tert-OH is 2. The molecule has 0 aliphatic carbocycles. The fourth-order valence-electron chi connectivity index (χ4n) is 1.69. The number of H-pyrrole nitrogens is 2. The average Bonchev–Trinajstić information content (AvgIpc) is 2.37. The van der Waals surface area contributed by atoms with E-state index in [0.717, 1.165) is 0 Å². The zero-order valence-corrected chi connectivity index (χ0v) is 11.4. The van der Waals surface area contributed by atoms with Gasteiger partial charge in [-0.25, -0.2) is 4.79 Å². The Hall–Kier alpha value is -1.93. The van der Waals surface area contributed by atoms with Gasteiger partial charge in [0.1, 0.15) is 0 Å². The van der Waals surface area contributed by atoms with E-state index in [9.17, 15) is 14.4 Å². The van der Waals surface area contributed by atoms with Crippen molar-refractivity contribution in [3.63, 3.8) is 0 Å². The zero-order chi connectivity index (χ0) is 15.3. The van der Waals surface area contributed by atoms with Crippen LogP contribution in [0, 0.1) is 6.92 Å². The molecule has 0 aliphatic rings. The molecule has 0 atom stereocenters. The summed E-state index contributed by atoms with van der Waals surface area (Å²) in [5, 5.41) is 20.6. The van der Waals surface area contributed by atoms with Crippen molar-refractivity contribution < 1.29 is 15.0 Å². The lowest BCUT2D eigenvalue weighted by Crippen LogP contribution is -2.51. The number of hydrogen-bond acceptors (Lipinski definition) is 5. The van der Waals surface area contributed by atoms with Crippen LogP contribution in [0.5, 0.6) is 0 Å². The summed E-state index contributed by atoms with van der Waals surface area (Å²) in [5.41, 5.74) is -1.46. The summed E-state index contributed by atoms with van der Waals surface area (Å²) < 4.78 is 0. The summed E-state index contributed by atoms with van der Waals surface area (Å²) in [5.74, 6) is -0.402. The molecular weight excluding hydrogens is 266 g/mol. The molecule has 1 aromatic heterocycles. The first kappa shape index (κ1) is 16.1. The third-order valence-corrected chi connectivity index (χ3v) is 3.00. The Morgan fingerprint density at radius 2 is 1.85 bits per heavy atom. The molecule has 0 bridgehead atoms. The number of aryl methyl sites for hydroxylation is 1. The summed E-state index contributed by atoms with van der Waals surface area (Å²) in [6.45, 7) is 2.29. The minimum absolute atomic E-state index is 0.00551. The summed E-state index contributed by atoms with van der Waals surface area (Å²) >= 11 is 0. The molecule has 0 saturated heterocycles. The minimum atomic E-state index is -1.09. The maximum Gasteiger partial charge on any atom is 0.325 e. The molecule has 112 valence electrons. The van der Waals surface area contributed by atoms with Gasteiger partial charge in [0.15, 0.2) is 0 Å². The average molecular weight is 285 g/mol. The molecule has 0 aliphatic heterocycles. The van der Waals surface area contributed by atoms with E-state index in [2.05, 4.69) is 15.3 Å². The topological polar surface area (TPSA) is 135 Å². The number of rotatable bonds is 6. The molecule has 5 N–H and O–H groups in total. The third kappa shape index (κ3) is 4.04. The maximum atomic E-state index is 11.7. The van der Waals surface area contributed by atoms with Gasteiger partial charge in [-0.2, -0.15) is 0 Å². The van der Waals surface area contributed by atoms with Gasteiger partial charge >= 0.3 is 5.69 Å². The van der Waals surface area contributed by atoms with Crippen molar-refractivity contribution in [2.24, 2.45) is 0 Å². The lowest BCUT2D eigenvalue weighted by molar-refractivity contribution is -0.124. The van der Waals surface area contributed by atoms with Gasteiger partial charge in [-0.15, -0.1) is 0 Å². The predicted molar refractivity (Wildman–Crippen MR) is 71.5 cm³/mol. The second kappa shape index (κ2) is 6.49. The van der Waals surface area contributed by atoms with Crippen molar-refractivity contribution in [2.45, 2.75) is 32.2 Å². The van der Waals surface area contributed by atoms with E-state index in [-0.39, 0.29) is 12.8 Å². The zero-order valence-electron chi connectivity index (χ0n) is 11.4. The van der Waals surface area contributed by atoms with E-state index in [1.165, 1.54) is 6.92 Å². The van der Waals surface area contributed by atoms with Crippen LogP contribution < -0.4 is 16.6 Å². The largest absolute Gasteiger partial charge is 0.394 e. The second-order valence-electron chi connectivity index (χ2n) is 4.94. The molecule has 0 unspecified atom stereocenters. The van der Waals surface area contributed by atoms with Crippen LogP contribution in [0.4, 0.5) is 0 Å². The SMILES string of the molecule is Cc1[nH]c(=O)[nH]c(=O)c1CCC(=O)NC(C)(CO)CO. The molecule has 0 saturated carbocycles. The van der Waals surface area contributed by atoms with Crippen LogP contribution >= 0.6 is 0 Å². The van der Waals surface area contributed by atoms with Gasteiger partial charge in [-0.3, -0.25) is 14.6 Å². The number of aliphatic hydroxyl groups is 2. The predicted octanol–water partition coefficient (Wildman–Crippen LogP) is -1.84. The van der Waals surface area contributed by atoms with Crippen LogP contribution in [0.2, 0.25) is 0 Å². The number of aromatic nitrogens is 2. The maximum absolute atomic E-state index is 11.7. The molecule has 8 nitrogen and oxygen atoms in total. The summed E-state index contributed by atoms with van der Waals surface area (Å²) in [6, 6.07) is 0. The molecule has 1 rings (SSSR count). The number of nitrogens with one attached hydrogen (secondary N) is 3. The van der Waals surface area contributed by atoms with Crippen molar-refractivity contribution in [3.05, 3.63) is 32.1 Å². The molecule has 0 aromatic carbocycles. The fourth-order valence-corrected chi connectivity index (χ4v) is 1.69. The van der Waals surface area contributed by atoms with E-state index in [4.69, 9.17) is 10.2 Å². The Morgan fingerprint density at radius 1 is 1.25 bits per heavy atom. The normalized spacial score (nSPS) is 11.4. The minimum Gasteiger partial charge on any atom is -0.394 e. The van der Waals surface area contributed by atoms with Gasteiger partial charge in [-0.05, 0) is 20.3 Å². The van der Waals surface area contributed by atoms with E-state index < -0.39 is 35.9 Å². The highest BCUT2D eigenvalue weighted by atomic mass is 16.3. The highest BCUT2D eigenvalue weighted by Crippen LogP contribution is 2.04. The Kier molecular flexibility index (Phi) is 5.23. The Bertz CT molecular complexity index is 585. The number of carbonyl (C=O) groups excluding carboxylic acids is 1. The first-order valence-corrected chi connectivity index (χ1v) is 6.16. The van der Waals surface area contributed by atoms with Crippen LogP contribution in [-0.4, -0.2) is 44.8 Å². The first-order valence-electron chi connectivity index (χ1n) is 6.16. The van der Waals surface area contributed by atoms with Crippen molar-refractivity contribution in [1.29, 1.82) is 0 Å². The third-order valence-electron chi connectivity index (χ3n) is 3.00. The Balaban J connectivity index is 2.71. The smallest absolute Gasteiger partial charge is 0.325 e. The number of aromatic amines is 2. The van der Waals surface area contributed by atoms with Crippen molar-refractivity contribution >= 4 is 5.91 Å². The number of carbonyl (C=O) groups is 1. The molecule has 0 spiro atoms. The summed E-state index contributed by atoms with van der Waals surface area (Å²) in [4.78, 5) is 38.9. The fraction of sp³-hybridized carbons (Fsp3) is 0.583. The molecule has 1 aromatic rings. The van der Waals surface area contributed by atoms with E-state index in [0.29, 0.717) is 11.3 Å². The Labute approximate surface area is 114 Å². The van der Waals surface area contributed by atoms with Gasteiger partial charge in [0.05, 0.1) is 18.8 Å². The molecule has 1 amide bonds. The van der Waals surface area contributed by atoms with Crippen LogP contribution in [0.15, 0.2) is 9.59 Å². The molecular formula is C12H19N3O5. The van der Waals surface area contributed by atoms with E-state index >= 15 is 0 Å². The van der Waals surface area contributed by atoms with Crippen molar-refractivity contribution in [3.8, 4) is 0 Å².